The molecule has 7 heteroatoms. The van der Waals surface area contributed by atoms with Crippen molar-refractivity contribution in [2.45, 2.75) is 49.6 Å². The highest BCUT2D eigenvalue weighted by molar-refractivity contribution is 7.99. The van der Waals surface area contributed by atoms with Crippen molar-refractivity contribution in [2.24, 2.45) is 11.8 Å². The molecule has 4 rings (SSSR count). The lowest BCUT2D eigenvalue weighted by Crippen LogP contribution is -2.34. The van der Waals surface area contributed by atoms with E-state index in [9.17, 15) is 4.79 Å². The van der Waals surface area contributed by atoms with Gasteiger partial charge in [0, 0.05) is 23.8 Å². The van der Waals surface area contributed by atoms with Crippen molar-refractivity contribution in [1.82, 2.24) is 14.9 Å². The molecule has 1 saturated heterocycles. The number of ether oxygens (including phenoxy) is 1. The summed E-state index contributed by atoms with van der Waals surface area (Å²) in [6, 6.07) is 6.62. The standard InChI is InChI=1S/C22H28N4O2S/c1-3-28-22(27)15(2)12-16-6-10-26(11-7-16)14-17-4-5-19-18(13-17)25-20-21(29-19)24-9-8-23-20/h4-5,8-9,13,15-16H,3,6-7,10-12,14H2,1-2H3,(H,23,25). The molecule has 6 nitrogen and oxygen atoms in total. The molecule has 1 atom stereocenters. The number of rotatable bonds is 6. The van der Waals surface area contributed by atoms with E-state index in [-0.39, 0.29) is 11.9 Å². The maximum atomic E-state index is 11.9. The summed E-state index contributed by atoms with van der Waals surface area (Å²) < 4.78 is 5.15. The number of nitrogens with zero attached hydrogens (tertiary/aromatic N) is 3. The lowest BCUT2D eigenvalue weighted by atomic mass is 9.88. The second kappa shape index (κ2) is 9.13. The van der Waals surface area contributed by atoms with Crippen LogP contribution in [0.4, 0.5) is 11.5 Å². The summed E-state index contributed by atoms with van der Waals surface area (Å²) >= 11 is 1.66. The first kappa shape index (κ1) is 20.2. The first-order valence-corrected chi connectivity index (χ1v) is 11.2. The van der Waals surface area contributed by atoms with Crippen LogP contribution in [-0.4, -0.2) is 40.5 Å². The molecule has 1 aromatic heterocycles. The number of esters is 1. The van der Waals surface area contributed by atoms with Gasteiger partial charge in [0.15, 0.2) is 5.82 Å². The number of benzene rings is 1. The zero-order chi connectivity index (χ0) is 20.2. The predicted octanol–water partition coefficient (Wildman–Crippen LogP) is 4.49. The first-order valence-electron chi connectivity index (χ1n) is 10.4. The van der Waals surface area contributed by atoms with Gasteiger partial charge in [-0.25, -0.2) is 9.97 Å². The molecule has 1 aromatic carbocycles. The van der Waals surface area contributed by atoms with Crippen LogP contribution < -0.4 is 5.32 Å². The Kier molecular flexibility index (Phi) is 6.35. The van der Waals surface area contributed by atoms with Crippen LogP contribution in [0.1, 0.15) is 38.7 Å². The fraction of sp³-hybridized carbons (Fsp3) is 0.500. The second-order valence-electron chi connectivity index (χ2n) is 7.88. The normalized spacial score (nSPS) is 17.7. The van der Waals surface area contributed by atoms with Crippen molar-refractivity contribution in [3.8, 4) is 0 Å². The summed E-state index contributed by atoms with van der Waals surface area (Å²) in [4.78, 5) is 24.3. The predicted molar refractivity (Wildman–Crippen MR) is 114 cm³/mol. The van der Waals surface area contributed by atoms with Gasteiger partial charge < -0.3 is 10.1 Å². The van der Waals surface area contributed by atoms with Gasteiger partial charge in [-0.3, -0.25) is 9.69 Å². The molecule has 1 fully saturated rings. The number of likely N-dealkylation sites (tertiary alicyclic amines) is 1. The lowest BCUT2D eigenvalue weighted by Gasteiger charge is -2.33. The Balaban J connectivity index is 1.30. The van der Waals surface area contributed by atoms with Crippen molar-refractivity contribution < 1.29 is 9.53 Å². The molecule has 2 aromatic rings. The summed E-state index contributed by atoms with van der Waals surface area (Å²) in [6.45, 7) is 7.43. The molecule has 0 amide bonds. The topological polar surface area (TPSA) is 67.3 Å². The van der Waals surface area contributed by atoms with Gasteiger partial charge in [-0.2, -0.15) is 0 Å². The highest BCUT2D eigenvalue weighted by atomic mass is 32.2. The van der Waals surface area contributed by atoms with Crippen LogP contribution in [0.5, 0.6) is 0 Å². The molecular weight excluding hydrogens is 384 g/mol. The van der Waals surface area contributed by atoms with Crippen LogP contribution >= 0.6 is 11.8 Å². The van der Waals surface area contributed by atoms with E-state index in [1.165, 1.54) is 10.5 Å². The number of carbonyl (C=O) groups is 1. The molecule has 0 radical (unpaired) electrons. The molecule has 1 N–H and O–H groups in total. The lowest BCUT2D eigenvalue weighted by molar-refractivity contribution is -0.148. The van der Waals surface area contributed by atoms with E-state index in [1.807, 2.05) is 13.8 Å². The van der Waals surface area contributed by atoms with Gasteiger partial charge in [0.1, 0.15) is 5.03 Å². The smallest absolute Gasteiger partial charge is 0.308 e. The summed E-state index contributed by atoms with van der Waals surface area (Å²) in [5.41, 5.74) is 2.42. The SMILES string of the molecule is CCOC(=O)C(C)CC1CCN(Cc2ccc3c(c2)Nc2nccnc2S3)CC1. The Morgan fingerprint density at radius 2 is 2.10 bits per heavy atom. The monoisotopic (exact) mass is 412 g/mol. The van der Waals surface area contributed by atoms with Gasteiger partial charge in [0.05, 0.1) is 18.2 Å². The fourth-order valence-corrected chi connectivity index (χ4v) is 4.98. The van der Waals surface area contributed by atoms with Crippen LogP contribution in [0.15, 0.2) is 40.5 Å². The van der Waals surface area contributed by atoms with Crippen LogP contribution in [-0.2, 0) is 16.1 Å². The van der Waals surface area contributed by atoms with Gasteiger partial charge in [-0.15, -0.1) is 0 Å². The third-order valence-electron chi connectivity index (χ3n) is 5.66. The zero-order valence-electron chi connectivity index (χ0n) is 17.1. The quantitative estimate of drug-likeness (QED) is 0.599. The Labute approximate surface area is 176 Å². The van der Waals surface area contributed by atoms with Crippen LogP contribution in [0.25, 0.3) is 0 Å². The van der Waals surface area contributed by atoms with Crippen LogP contribution in [0.3, 0.4) is 0 Å². The minimum Gasteiger partial charge on any atom is -0.466 e. The minimum atomic E-state index is -0.0550. The molecular formula is C22H28N4O2S. The van der Waals surface area contributed by atoms with Crippen LogP contribution in [0.2, 0.25) is 0 Å². The van der Waals surface area contributed by atoms with Crippen molar-refractivity contribution in [3.05, 3.63) is 36.2 Å². The van der Waals surface area contributed by atoms with E-state index in [1.54, 1.807) is 24.2 Å². The molecule has 0 spiro atoms. The number of hydrogen-bond acceptors (Lipinski definition) is 7. The fourth-order valence-electron chi connectivity index (χ4n) is 4.10. The van der Waals surface area contributed by atoms with E-state index >= 15 is 0 Å². The van der Waals surface area contributed by atoms with E-state index in [4.69, 9.17) is 4.74 Å². The summed E-state index contributed by atoms with van der Waals surface area (Å²) in [5.74, 6) is 1.39. The maximum absolute atomic E-state index is 11.9. The number of anilines is 2. The van der Waals surface area contributed by atoms with E-state index in [0.29, 0.717) is 12.5 Å². The average molecular weight is 413 g/mol. The van der Waals surface area contributed by atoms with Crippen molar-refractivity contribution in [1.29, 1.82) is 0 Å². The Hall–Kier alpha value is -2.12. The van der Waals surface area contributed by atoms with E-state index in [0.717, 1.165) is 55.4 Å². The van der Waals surface area contributed by atoms with Gasteiger partial charge >= 0.3 is 5.97 Å². The number of carbonyl (C=O) groups excluding carboxylic acids is 1. The number of piperidine rings is 1. The number of nitrogens with one attached hydrogen (secondary N) is 1. The zero-order valence-corrected chi connectivity index (χ0v) is 17.9. The van der Waals surface area contributed by atoms with E-state index in [2.05, 4.69) is 38.4 Å². The molecule has 3 heterocycles. The molecule has 2 aliphatic heterocycles. The van der Waals surface area contributed by atoms with Crippen molar-refractivity contribution in [3.63, 3.8) is 0 Å². The maximum Gasteiger partial charge on any atom is 0.308 e. The van der Waals surface area contributed by atoms with Crippen molar-refractivity contribution in [2.75, 3.05) is 25.0 Å². The summed E-state index contributed by atoms with van der Waals surface area (Å²) in [6.07, 6.45) is 6.67. The van der Waals surface area contributed by atoms with Gasteiger partial charge in [0.2, 0.25) is 0 Å². The molecule has 0 aliphatic carbocycles. The second-order valence-corrected chi connectivity index (χ2v) is 8.91. The number of fused-ring (bicyclic) bond motifs is 2. The minimum absolute atomic E-state index is 0.00157. The molecule has 0 bridgehead atoms. The highest BCUT2D eigenvalue weighted by Gasteiger charge is 2.25. The van der Waals surface area contributed by atoms with Crippen molar-refractivity contribution >= 4 is 29.2 Å². The highest BCUT2D eigenvalue weighted by Crippen LogP contribution is 2.42. The van der Waals surface area contributed by atoms with Crippen LogP contribution in [0, 0.1) is 11.8 Å². The Morgan fingerprint density at radius 1 is 1.31 bits per heavy atom. The third-order valence-corrected chi connectivity index (χ3v) is 6.73. The molecule has 0 saturated carbocycles. The Bertz CT molecular complexity index is 868. The number of aromatic nitrogens is 2. The largest absolute Gasteiger partial charge is 0.466 e. The summed E-state index contributed by atoms with van der Waals surface area (Å²) in [5, 5.41) is 4.33. The Morgan fingerprint density at radius 3 is 2.90 bits per heavy atom. The van der Waals surface area contributed by atoms with Gasteiger partial charge in [0.25, 0.3) is 0 Å². The van der Waals surface area contributed by atoms with Gasteiger partial charge in [-0.1, -0.05) is 24.8 Å². The average Bonchev–Trinajstić information content (AvgIpc) is 2.73. The molecule has 2 aliphatic rings. The third kappa shape index (κ3) is 4.90. The summed E-state index contributed by atoms with van der Waals surface area (Å²) in [7, 11) is 0. The van der Waals surface area contributed by atoms with Gasteiger partial charge in [-0.05, 0) is 62.9 Å². The molecule has 1 unspecified atom stereocenters. The van der Waals surface area contributed by atoms with E-state index < -0.39 is 0 Å². The molecule has 29 heavy (non-hydrogen) atoms. The first-order chi connectivity index (χ1) is 14.1. The number of hydrogen-bond donors (Lipinski definition) is 1. The molecule has 154 valence electrons.